The number of benzene rings is 2. The lowest BCUT2D eigenvalue weighted by Gasteiger charge is -2.38. The number of rotatable bonds is 6. The molecule has 0 saturated carbocycles. The van der Waals surface area contributed by atoms with Crippen molar-refractivity contribution in [2.24, 2.45) is 5.92 Å². The summed E-state index contributed by atoms with van der Waals surface area (Å²) in [5, 5.41) is 0.795. The Balaban J connectivity index is 1.28. The van der Waals surface area contributed by atoms with Gasteiger partial charge < -0.3 is 34.1 Å². The minimum absolute atomic E-state index is 0.0225. The van der Waals surface area contributed by atoms with Gasteiger partial charge in [0.05, 0.1) is 31.8 Å². The third-order valence-corrected chi connectivity index (χ3v) is 7.53. The van der Waals surface area contributed by atoms with Crippen LogP contribution in [0.1, 0.15) is 18.9 Å². The maximum absolute atomic E-state index is 6.38. The molecular formula is C29H33N5O4. The number of aromatic nitrogens is 3. The molecule has 4 heterocycles. The van der Waals surface area contributed by atoms with Crippen LogP contribution >= 0.6 is 0 Å². The van der Waals surface area contributed by atoms with E-state index in [9.17, 15) is 0 Å². The number of piperidine rings is 1. The Labute approximate surface area is 222 Å². The van der Waals surface area contributed by atoms with E-state index in [1.165, 1.54) is 6.33 Å². The Hall–Kier alpha value is -3.66. The number of para-hydroxylation sites is 1. The summed E-state index contributed by atoms with van der Waals surface area (Å²) in [5.41, 5.74) is 8.98. The van der Waals surface area contributed by atoms with Crippen molar-refractivity contribution < 1.29 is 18.9 Å². The van der Waals surface area contributed by atoms with Crippen LogP contribution in [-0.4, -0.2) is 66.2 Å². The number of hydrogen-bond acceptors (Lipinski definition) is 8. The Morgan fingerprint density at radius 1 is 0.974 bits per heavy atom. The molecule has 9 heteroatoms. The Bertz CT molecular complexity index is 1390. The lowest BCUT2D eigenvalue weighted by atomic mass is 9.96. The van der Waals surface area contributed by atoms with Gasteiger partial charge in [0, 0.05) is 17.7 Å². The molecule has 2 aromatic heterocycles. The molecule has 2 aliphatic heterocycles. The van der Waals surface area contributed by atoms with Crippen LogP contribution in [0.4, 0.5) is 5.82 Å². The molecule has 4 aromatic rings. The summed E-state index contributed by atoms with van der Waals surface area (Å²) >= 11 is 0. The molecule has 2 aliphatic rings. The molecule has 2 aromatic carbocycles. The standard InChI is InChI=1S/C29H33N5O4/c1-33-12-10-19(11-13-33)29-36-16-21(17-37-29)34-15-23(26-27(30)31-18-32-28(26)34)20-8-9-24(25(14-20)35-2)38-22-6-4-3-5-7-22/h3-9,14-15,18-19,21,29H,10-13,16-17H2,1-2H3,(H2,30,31,32)/t21-,29-. The zero-order chi connectivity index (χ0) is 26.1. The van der Waals surface area contributed by atoms with Crippen LogP contribution in [0.5, 0.6) is 17.2 Å². The van der Waals surface area contributed by atoms with Gasteiger partial charge in [0.15, 0.2) is 17.8 Å². The second-order valence-electron chi connectivity index (χ2n) is 10.0. The second kappa shape index (κ2) is 10.6. The van der Waals surface area contributed by atoms with Crippen molar-refractivity contribution in [1.82, 2.24) is 19.4 Å². The van der Waals surface area contributed by atoms with Crippen molar-refractivity contribution in [3.63, 3.8) is 0 Å². The molecule has 2 fully saturated rings. The highest BCUT2D eigenvalue weighted by atomic mass is 16.7. The van der Waals surface area contributed by atoms with Gasteiger partial charge in [-0.15, -0.1) is 0 Å². The van der Waals surface area contributed by atoms with Crippen LogP contribution < -0.4 is 15.2 Å². The summed E-state index contributed by atoms with van der Waals surface area (Å²) in [5.74, 6) is 2.85. The molecule has 6 rings (SSSR count). The number of likely N-dealkylation sites (tertiary alicyclic amines) is 1. The molecule has 198 valence electrons. The smallest absolute Gasteiger partial charge is 0.169 e. The van der Waals surface area contributed by atoms with Gasteiger partial charge >= 0.3 is 0 Å². The minimum atomic E-state index is -0.151. The number of fused-ring (bicyclic) bond motifs is 1. The first-order valence-electron chi connectivity index (χ1n) is 13.0. The fraction of sp³-hybridized carbons (Fsp3) is 0.379. The summed E-state index contributed by atoms with van der Waals surface area (Å²) in [6.07, 6.45) is 5.61. The fourth-order valence-corrected chi connectivity index (χ4v) is 5.38. The van der Waals surface area contributed by atoms with Crippen LogP contribution in [0.2, 0.25) is 0 Å². The first kappa shape index (κ1) is 24.7. The van der Waals surface area contributed by atoms with E-state index in [2.05, 4.69) is 32.7 Å². The fourth-order valence-electron chi connectivity index (χ4n) is 5.38. The quantitative estimate of drug-likeness (QED) is 0.393. The van der Waals surface area contributed by atoms with Crippen molar-refractivity contribution >= 4 is 16.9 Å². The van der Waals surface area contributed by atoms with Crippen LogP contribution in [0, 0.1) is 5.92 Å². The lowest BCUT2D eigenvalue weighted by molar-refractivity contribution is -0.225. The number of hydrogen-bond donors (Lipinski definition) is 1. The minimum Gasteiger partial charge on any atom is -0.493 e. The van der Waals surface area contributed by atoms with Gasteiger partial charge in [0.25, 0.3) is 0 Å². The predicted molar refractivity (Wildman–Crippen MR) is 145 cm³/mol. The highest BCUT2D eigenvalue weighted by Gasteiger charge is 2.33. The number of nitrogen functional groups attached to an aromatic ring is 1. The van der Waals surface area contributed by atoms with Gasteiger partial charge in [-0.05, 0) is 62.8 Å². The molecule has 2 saturated heterocycles. The highest BCUT2D eigenvalue weighted by molar-refractivity contribution is 6.01. The monoisotopic (exact) mass is 515 g/mol. The molecule has 38 heavy (non-hydrogen) atoms. The first-order chi connectivity index (χ1) is 18.6. The van der Waals surface area contributed by atoms with Gasteiger partial charge in [-0.1, -0.05) is 24.3 Å². The van der Waals surface area contributed by atoms with E-state index < -0.39 is 0 Å². The third-order valence-electron chi connectivity index (χ3n) is 7.53. The first-order valence-corrected chi connectivity index (χ1v) is 13.0. The molecule has 9 nitrogen and oxygen atoms in total. The van der Waals surface area contributed by atoms with Gasteiger partial charge in [-0.25, -0.2) is 9.97 Å². The van der Waals surface area contributed by atoms with Crippen LogP contribution in [0.3, 0.4) is 0 Å². The number of anilines is 1. The van der Waals surface area contributed by atoms with Crippen LogP contribution in [0.15, 0.2) is 61.1 Å². The van der Waals surface area contributed by atoms with Crippen LogP contribution in [0.25, 0.3) is 22.2 Å². The normalized spacial score (nSPS) is 21.0. The third kappa shape index (κ3) is 4.80. The van der Waals surface area contributed by atoms with Crippen molar-refractivity contribution in [2.75, 3.05) is 46.2 Å². The zero-order valence-corrected chi connectivity index (χ0v) is 21.7. The van der Waals surface area contributed by atoms with E-state index in [4.69, 9.17) is 24.7 Å². The Morgan fingerprint density at radius 2 is 1.74 bits per heavy atom. The molecule has 0 amide bonds. The summed E-state index contributed by atoms with van der Waals surface area (Å²) in [4.78, 5) is 11.2. The number of nitrogens with two attached hydrogens (primary N) is 1. The van der Waals surface area contributed by atoms with Crippen LogP contribution in [-0.2, 0) is 9.47 Å². The molecule has 0 radical (unpaired) electrons. The summed E-state index contributed by atoms with van der Waals surface area (Å²) in [6, 6.07) is 15.5. The van der Waals surface area contributed by atoms with E-state index >= 15 is 0 Å². The summed E-state index contributed by atoms with van der Waals surface area (Å²) in [6.45, 7) is 3.27. The molecule has 0 bridgehead atoms. The SMILES string of the molecule is COc1cc(-c2cn([C@H]3CO[C@H](C4CCN(C)CC4)OC3)c3ncnc(N)c23)ccc1Oc1ccccc1. The number of nitrogens with zero attached hydrogens (tertiary/aromatic N) is 4. The van der Waals surface area contributed by atoms with Gasteiger partial charge in [-0.2, -0.15) is 0 Å². The van der Waals surface area contributed by atoms with E-state index in [1.54, 1.807) is 7.11 Å². The van der Waals surface area contributed by atoms with E-state index in [1.807, 2.05) is 48.5 Å². The van der Waals surface area contributed by atoms with Crippen molar-refractivity contribution in [2.45, 2.75) is 25.2 Å². The van der Waals surface area contributed by atoms with E-state index in [0.29, 0.717) is 36.4 Å². The van der Waals surface area contributed by atoms with E-state index in [-0.39, 0.29) is 12.3 Å². The van der Waals surface area contributed by atoms with Crippen molar-refractivity contribution in [1.29, 1.82) is 0 Å². The van der Waals surface area contributed by atoms with Crippen molar-refractivity contribution in [3.8, 4) is 28.4 Å². The highest BCUT2D eigenvalue weighted by Crippen LogP contribution is 2.40. The average molecular weight is 516 g/mol. The Kier molecular flexibility index (Phi) is 6.88. The van der Waals surface area contributed by atoms with E-state index in [0.717, 1.165) is 53.8 Å². The molecule has 0 aliphatic carbocycles. The summed E-state index contributed by atoms with van der Waals surface area (Å²) < 4.78 is 26.3. The topological polar surface area (TPSA) is 96.9 Å². The van der Waals surface area contributed by atoms with Gasteiger partial charge in [-0.3, -0.25) is 0 Å². The molecule has 0 atom stereocenters. The summed E-state index contributed by atoms with van der Waals surface area (Å²) in [7, 11) is 3.80. The molecule has 2 N–H and O–H groups in total. The lowest BCUT2D eigenvalue weighted by Crippen LogP contribution is -2.42. The van der Waals surface area contributed by atoms with Crippen molar-refractivity contribution in [3.05, 3.63) is 61.1 Å². The molecule has 0 unspecified atom stereocenters. The van der Waals surface area contributed by atoms with Gasteiger partial charge in [0.2, 0.25) is 0 Å². The largest absolute Gasteiger partial charge is 0.493 e. The maximum Gasteiger partial charge on any atom is 0.169 e. The number of methoxy groups -OCH3 is 1. The molecular weight excluding hydrogens is 482 g/mol. The maximum atomic E-state index is 6.38. The Morgan fingerprint density at radius 3 is 2.47 bits per heavy atom. The number of ether oxygens (including phenoxy) is 4. The second-order valence-corrected chi connectivity index (χ2v) is 10.0. The van der Waals surface area contributed by atoms with Gasteiger partial charge in [0.1, 0.15) is 23.5 Å². The average Bonchev–Trinajstić information content (AvgIpc) is 3.35. The zero-order valence-electron chi connectivity index (χ0n) is 21.7. The predicted octanol–water partition coefficient (Wildman–Crippen LogP) is 4.74. The molecule has 0 spiro atoms.